The van der Waals surface area contributed by atoms with Crippen LogP contribution in [0.25, 0.3) is 0 Å². The predicted molar refractivity (Wildman–Crippen MR) is 107 cm³/mol. The number of ether oxygens (including phenoxy) is 2. The SMILES string of the molecule is COc1ccc(Nc2nccc(C(=O)N(C)Cc3ccccc3)n2)c(OC)c1. The molecule has 3 rings (SSSR count). The quantitative estimate of drug-likeness (QED) is 0.678. The van der Waals surface area contributed by atoms with Gasteiger partial charge in [-0.3, -0.25) is 4.79 Å². The van der Waals surface area contributed by atoms with Crippen LogP contribution in [0.5, 0.6) is 11.5 Å². The number of anilines is 2. The van der Waals surface area contributed by atoms with Gasteiger partial charge < -0.3 is 19.7 Å². The highest BCUT2D eigenvalue weighted by Gasteiger charge is 2.15. The highest BCUT2D eigenvalue weighted by atomic mass is 16.5. The Bertz CT molecular complexity index is 947. The number of benzene rings is 2. The molecule has 0 atom stereocenters. The summed E-state index contributed by atoms with van der Waals surface area (Å²) in [6, 6.07) is 16.8. The highest BCUT2D eigenvalue weighted by Crippen LogP contribution is 2.30. The first-order chi connectivity index (χ1) is 13.6. The summed E-state index contributed by atoms with van der Waals surface area (Å²) in [7, 11) is 4.91. The molecule has 28 heavy (non-hydrogen) atoms. The molecule has 1 heterocycles. The predicted octanol–water partition coefficient (Wildman–Crippen LogP) is 3.51. The van der Waals surface area contributed by atoms with E-state index in [1.807, 2.05) is 30.3 Å². The topological polar surface area (TPSA) is 76.6 Å². The van der Waals surface area contributed by atoms with Gasteiger partial charge in [0, 0.05) is 25.9 Å². The molecular formula is C21H22N4O3. The van der Waals surface area contributed by atoms with Gasteiger partial charge in [-0.2, -0.15) is 0 Å². The van der Waals surface area contributed by atoms with Crippen molar-refractivity contribution in [3.8, 4) is 11.5 Å². The average Bonchev–Trinajstić information content (AvgIpc) is 2.74. The Morgan fingerprint density at radius 2 is 1.86 bits per heavy atom. The van der Waals surface area contributed by atoms with Crippen molar-refractivity contribution in [2.45, 2.75) is 6.54 Å². The Hall–Kier alpha value is -3.61. The summed E-state index contributed by atoms with van der Waals surface area (Å²) in [4.78, 5) is 22.9. The van der Waals surface area contributed by atoms with Crippen LogP contribution in [0.1, 0.15) is 16.1 Å². The number of hydrogen-bond donors (Lipinski definition) is 1. The van der Waals surface area contributed by atoms with Gasteiger partial charge in [0.25, 0.3) is 5.91 Å². The monoisotopic (exact) mass is 378 g/mol. The third-order valence-electron chi connectivity index (χ3n) is 4.14. The van der Waals surface area contributed by atoms with E-state index < -0.39 is 0 Å². The summed E-state index contributed by atoms with van der Waals surface area (Å²) in [6.07, 6.45) is 1.55. The van der Waals surface area contributed by atoms with E-state index in [4.69, 9.17) is 9.47 Å². The van der Waals surface area contributed by atoms with Crippen molar-refractivity contribution >= 4 is 17.5 Å². The number of carbonyl (C=O) groups is 1. The minimum atomic E-state index is -0.184. The number of aromatic nitrogens is 2. The molecule has 0 unspecified atom stereocenters. The van der Waals surface area contributed by atoms with Crippen LogP contribution in [0, 0.1) is 0 Å². The van der Waals surface area contributed by atoms with Crippen LogP contribution in [-0.2, 0) is 6.54 Å². The van der Waals surface area contributed by atoms with E-state index in [1.54, 1.807) is 56.6 Å². The second-order valence-corrected chi connectivity index (χ2v) is 6.10. The molecule has 7 heteroatoms. The lowest BCUT2D eigenvalue weighted by Gasteiger charge is -2.17. The van der Waals surface area contributed by atoms with Gasteiger partial charge in [-0.1, -0.05) is 30.3 Å². The summed E-state index contributed by atoms with van der Waals surface area (Å²) in [6.45, 7) is 0.499. The molecule has 1 N–H and O–H groups in total. The molecule has 2 aromatic carbocycles. The summed E-state index contributed by atoms with van der Waals surface area (Å²) in [5.41, 5.74) is 2.03. The molecule has 0 saturated heterocycles. The van der Waals surface area contributed by atoms with Gasteiger partial charge in [0.15, 0.2) is 0 Å². The summed E-state index contributed by atoms with van der Waals surface area (Å²) >= 11 is 0. The van der Waals surface area contributed by atoms with Gasteiger partial charge in [0.1, 0.15) is 17.2 Å². The smallest absolute Gasteiger partial charge is 0.272 e. The Balaban J connectivity index is 1.76. The first kappa shape index (κ1) is 19.2. The normalized spacial score (nSPS) is 10.2. The minimum absolute atomic E-state index is 0.184. The van der Waals surface area contributed by atoms with Crippen LogP contribution in [0.2, 0.25) is 0 Å². The van der Waals surface area contributed by atoms with Gasteiger partial charge in [-0.05, 0) is 23.8 Å². The van der Waals surface area contributed by atoms with Gasteiger partial charge >= 0.3 is 0 Å². The van der Waals surface area contributed by atoms with Crippen molar-refractivity contribution in [2.75, 3.05) is 26.6 Å². The number of hydrogen-bond acceptors (Lipinski definition) is 6. The molecule has 0 bridgehead atoms. The maximum Gasteiger partial charge on any atom is 0.272 e. The van der Waals surface area contributed by atoms with Crippen molar-refractivity contribution < 1.29 is 14.3 Å². The fourth-order valence-corrected chi connectivity index (χ4v) is 2.68. The van der Waals surface area contributed by atoms with Crippen LogP contribution in [0.15, 0.2) is 60.8 Å². The maximum atomic E-state index is 12.7. The van der Waals surface area contributed by atoms with Gasteiger partial charge in [-0.25, -0.2) is 9.97 Å². The second kappa shape index (κ2) is 8.85. The third kappa shape index (κ3) is 4.56. The molecule has 0 aliphatic heterocycles. The highest BCUT2D eigenvalue weighted by molar-refractivity contribution is 5.92. The molecule has 0 aliphatic carbocycles. The average molecular weight is 378 g/mol. The standard InChI is InChI=1S/C21H22N4O3/c1-25(14-15-7-5-4-6-8-15)20(26)18-11-12-22-21(24-18)23-17-10-9-16(27-2)13-19(17)28-3/h4-13H,14H2,1-3H3,(H,22,23,24). The minimum Gasteiger partial charge on any atom is -0.497 e. The summed E-state index contributed by atoms with van der Waals surface area (Å²) < 4.78 is 10.6. The van der Waals surface area contributed by atoms with E-state index in [9.17, 15) is 4.79 Å². The van der Waals surface area contributed by atoms with Crippen molar-refractivity contribution in [2.24, 2.45) is 0 Å². The zero-order valence-electron chi connectivity index (χ0n) is 16.0. The molecule has 144 valence electrons. The van der Waals surface area contributed by atoms with Crippen molar-refractivity contribution in [1.82, 2.24) is 14.9 Å². The zero-order chi connectivity index (χ0) is 19.9. The van der Waals surface area contributed by atoms with Crippen LogP contribution in [0.4, 0.5) is 11.6 Å². The third-order valence-corrected chi connectivity index (χ3v) is 4.14. The molecule has 0 fully saturated rings. The first-order valence-corrected chi connectivity index (χ1v) is 8.72. The van der Waals surface area contributed by atoms with Crippen LogP contribution >= 0.6 is 0 Å². The van der Waals surface area contributed by atoms with E-state index in [2.05, 4.69) is 15.3 Å². The molecule has 0 saturated carbocycles. The van der Waals surface area contributed by atoms with E-state index in [0.29, 0.717) is 35.4 Å². The first-order valence-electron chi connectivity index (χ1n) is 8.72. The Kier molecular flexibility index (Phi) is 6.06. The summed E-state index contributed by atoms with van der Waals surface area (Å²) in [5.74, 6) is 1.38. The molecule has 0 aliphatic rings. The number of methoxy groups -OCH3 is 2. The fraction of sp³-hybridized carbons (Fsp3) is 0.190. The number of carbonyl (C=O) groups excluding carboxylic acids is 1. The fourth-order valence-electron chi connectivity index (χ4n) is 2.68. The lowest BCUT2D eigenvalue weighted by molar-refractivity contribution is 0.0779. The van der Waals surface area contributed by atoms with Crippen molar-refractivity contribution in [1.29, 1.82) is 0 Å². The van der Waals surface area contributed by atoms with Crippen molar-refractivity contribution in [3.05, 3.63) is 72.1 Å². The van der Waals surface area contributed by atoms with Gasteiger partial charge in [0.2, 0.25) is 5.95 Å². The zero-order valence-corrected chi connectivity index (χ0v) is 16.0. The number of rotatable bonds is 7. The Morgan fingerprint density at radius 1 is 1.07 bits per heavy atom. The largest absolute Gasteiger partial charge is 0.497 e. The molecule has 0 spiro atoms. The van der Waals surface area contributed by atoms with E-state index >= 15 is 0 Å². The van der Waals surface area contributed by atoms with E-state index in [-0.39, 0.29) is 5.91 Å². The van der Waals surface area contributed by atoms with Gasteiger partial charge in [0.05, 0.1) is 19.9 Å². The molecule has 7 nitrogen and oxygen atoms in total. The van der Waals surface area contributed by atoms with Crippen molar-refractivity contribution in [3.63, 3.8) is 0 Å². The van der Waals surface area contributed by atoms with Gasteiger partial charge in [-0.15, -0.1) is 0 Å². The molecule has 1 aromatic heterocycles. The maximum absolute atomic E-state index is 12.7. The van der Waals surface area contributed by atoms with Crippen LogP contribution < -0.4 is 14.8 Å². The second-order valence-electron chi connectivity index (χ2n) is 6.10. The summed E-state index contributed by atoms with van der Waals surface area (Å²) in [5, 5.41) is 3.09. The molecular weight excluding hydrogens is 356 g/mol. The Morgan fingerprint density at radius 3 is 2.57 bits per heavy atom. The number of amides is 1. The van der Waals surface area contributed by atoms with E-state index in [1.165, 1.54) is 0 Å². The number of nitrogens with one attached hydrogen (secondary N) is 1. The van der Waals surface area contributed by atoms with Crippen LogP contribution in [-0.4, -0.2) is 42.0 Å². The lowest BCUT2D eigenvalue weighted by atomic mass is 10.2. The molecule has 3 aromatic rings. The number of nitrogens with zero attached hydrogens (tertiary/aromatic N) is 3. The molecule has 1 amide bonds. The van der Waals surface area contributed by atoms with E-state index in [0.717, 1.165) is 5.56 Å². The molecule has 0 radical (unpaired) electrons. The Labute approximate surface area is 164 Å². The van der Waals surface area contributed by atoms with Crippen LogP contribution in [0.3, 0.4) is 0 Å². The lowest BCUT2D eigenvalue weighted by Crippen LogP contribution is -2.27.